The van der Waals surface area contributed by atoms with Crippen molar-refractivity contribution in [3.05, 3.63) is 29.3 Å². The van der Waals surface area contributed by atoms with E-state index in [-0.39, 0.29) is 5.71 Å². The lowest BCUT2D eigenvalue weighted by molar-refractivity contribution is -0.111. The molecule has 0 aromatic heterocycles. The van der Waals surface area contributed by atoms with Gasteiger partial charge < -0.3 is 5.73 Å². The molecular weight excluding hydrogens is 204 g/mol. The maximum absolute atomic E-state index is 10.7. The van der Waals surface area contributed by atoms with Crippen LogP contribution in [0.1, 0.15) is 11.1 Å². The Morgan fingerprint density at radius 1 is 1.44 bits per heavy atom. The summed E-state index contributed by atoms with van der Waals surface area (Å²) in [5, 5.41) is 12.2. The number of benzene rings is 1. The molecule has 1 aromatic rings. The quantitative estimate of drug-likeness (QED) is 0.585. The lowest BCUT2D eigenvalue weighted by Crippen LogP contribution is -2.22. The number of hydrazone groups is 1. The molecule has 5 nitrogen and oxygen atoms in total. The number of carbonyl (C=O) groups excluding carboxylic acids is 1. The molecule has 0 saturated heterocycles. The second kappa shape index (κ2) is 4.94. The van der Waals surface area contributed by atoms with Gasteiger partial charge in [-0.15, -0.1) is 0 Å². The van der Waals surface area contributed by atoms with Crippen molar-refractivity contribution in [3.63, 3.8) is 0 Å². The summed E-state index contributed by atoms with van der Waals surface area (Å²) >= 11 is 0. The largest absolute Gasteiger partial charge is 0.364 e. The molecule has 0 aliphatic rings. The smallest absolute Gasteiger partial charge is 0.280 e. The molecule has 0 spiro atoms. The van der Waals surface area contributed by atoms with E-state index < -0.39 is 5.91 Å². The maximum atomic E-state index is 10.7. The van der Waals surface area contributed by atoms with Crippen molar-refractivity contribution < 1.29 is 4.79 Å². The van der Waals surface area contributed by atoms with Gasteiger partial charge in [0.05, 0.1) is 5.69 Å². The highest BCUT2D eigenvalue weighted by Crippen LogP contribution is 2.13. The average Bonchev–Trinajstić information content (AvgIpc) is 2.23. The van der Waals surface area contributed by atoms with Gasteiger partial charge in [-0.1, -0.05) is 6.07 Å². The van der Waals surface area contributed by atoms with Gasteiger partial charge in [0.1, 0.15) is 6.07 Å². The Kier molecular flexibility index (Phi) is 3.62. The van der Waals surface area contributed by atoms with Crippen molar-refractivity contribution in [3.8, 4) is 6.07 Å². The second-order valence-corrected chi connectivity index (χ2v) is 3.35. The lowest BCUT2D eigenvalue weighted by Gasteiger charge is -2.04. The number of nitrogens with one attached hydrogen (secondary N) is 1. The third-order valence-electron chi connectivity index (χ3n) is 2.14. The number of hydrogen-bond donors (Lipinski definition) is 2. The van der Waals surface area contributed by atoms with E-state index in [2.05, 4.69) is 10.5 Å². The van der Waals surface area contributed by atoms with Crippen LogP contribution >= 0.6 is 0 Å². The summed E-state index contributed by atoms with van der Waals surface area (Å²) in [6.45, 7) is 3.95. The molecule has 82 valence electrons. The number of nitrogens with zero attached hydrogens (tertiary/aromatic N) is 2. The summed E-state index contributed by atoms with van der Waals surface area (Å²) in [5.74, 6) is -0.848. The Hall–Kier alpha value is -2.35. The van der Waals surface area contributed by atoms with Crippen LogP contribution in [0.25, 0.3) is 0 Å². The first-order valence-corrected chi connectivity index (χ1v) is 4.65. The van der Waals surface area contributed by atoms with Crippen LogP contribution in [0.4, 0.5) is 5.69 Å². The van der Waals surface area contributed by atoms with Gasteiger partial charge in [0.25, 0.3) is 5.91 Å². The van der Waals surface area contributed by atoms with E-state index in [1.165, 1.54) is 0 Å². The molecule has 0 atom stereocenters. The summed E-state index contributed by atoms with van der Waals surface area (Å²) < 4.78 is 0. The number of hydrogen-bond acceptors (Lipinski definition) is 4. The van der Waals surface area contributed by atoms with Crippen molar-refractivity contribution in [2.24, 2.45) is 10.8 Å². The number of nitrogens with two attached hydrogens (primary N) is 1. The Morgan fingerprint density at radius 2 is 2.12 bits per heavy atom. The Labute approximate surface area is 93.6 Å². The third kappa shape index (κ3) is 2.82. The zero-order chi connectivity index (χ0) is 12.1. The summed E-state index contributed by atoms with van der Waals surface area (Å²) in [6.07, 6.45) is 0. The number of nitriles is 1. The Morgan fingerprint density at radius 3 is 2.62 bits per heavy atom. The molecular formula is C11H12N4O. The SMILES string of the molecule is Cc1ccc(N/N=C(/C#N)C(N)=O)cc1C. The van der Waals surface area contributed by atoms with E-state index >= 15 is 0 Å². The number of anilines is 1. The standard InChI is InChI=1S/C11H12N4O/c1-7-3-4-9(5-8(7)2)14-15-10(6-12)11(13)16/h3-5,14H,1-2H3,(H2,13,16)/b15-10-. The van der Waals surface area contributed by atoms with Crippen molar-refractivity contribution in [2.45, 2.75) is 13.8 Å². The molecule has 0 saturated carbocycles. The number of aryl methyl sites for hydroxylation is 2. The highest BCUT2D eigenvalue weighted by atomic mass is 16.1. The summed E-state index contributed by atoms with van der Waals surface area (Å²) in [7, 11) is 0. The summed E-state index contributed by atoms with van der Waals surface area (Å²) in [6, 6.07) is 7.21. The van der Waals surface area contributed by atoms with Crippen molar-refractivity contribution in [2.75, 3.05) is 5.43 Å². The zero-order valence-corrected chi connectivity index (χ0v) is 9.11. The predicted octanol–water partition coefficient (Wildman–Crippen LogP) is 1.08. The van der Waals surface area contributed by atoms with Crippen molar-refractivity contribution >= 4 is 17.3 Å². The number of amides is 1. The van der Waals surface area contributed by atoms with Crippen molar-refractivity contribution in [1.82, 2.24) is 0 Å². The molecule has 0 radical (unpaired) electrons. The highest BCUT2D eigenvalue weighted by Gasteiger charge is 2.04. The first-order chi connectivity index (χ1) is 7.54. The monoisotopic (exact) mass is 216 g/mol. The van der Waals surface area contributed by atoms with Crippen LogP contribution in [0.5, 0.6) is 0 Å². The molecule has 0 fully saturated rings. The Bertz CT molecular complexity index is 485. The average molecular weight is 216 g/mol. The van der Waals surface area contributed by atoms with Crippen LogP contribution in [-0.2, 0) is 4.79 Å². The summed E-state index contributed by atoms with van der Waals surface area (Å²) in [5.41, 5.74) is 10.2. The van der Waals surface area contributed by atoms with Gasteiger partial charge >= 0.3 is 0 Å². The zero-order valence-electron chi connectivity index (χ0n) is 9.11. The van der Waals surface area contributed by atoms with E-state index in [0.29, 0.717) is 5.69 Å². The number of rotatable bonds is 3. The summed E-state index contributed by atoms with van der Waals surface area (Å²) in [4.78, 5) is 10.7. The molecule has 0 aliphatic heterocycles. The third-order valence-corrected chi connectivity index (χ3v) is 2.14. The molecule has 1 rings (SSSR count). The molecule has 0 bridgehead atoms. The van der Waals surface area contributed by atoms with Crippen LogP contribution in [0.2, 0.25) is 0 Å². The fraction of sp³-hybridized carbons (Fsp3) is 0.182. The van der Waals surface area contributed by atoms with E-state index in [1.54, 1.807) is 6.07 Å². The minimum Gasteiger partial charge on any atom is -0.364 e. The number of primary amides is 1. The van der Waals surface area contributed by atoms with Crippen LogP contribution in [0.3, 0.4) is 0 Å². The first-order valence-electron chi connectivity index (χ1n) is 4.65. The molecule has 5 heteroatoms. The van der Waals surface area contributed by atoms with Crippen LogP contribution < -0.4 is 11.2 Å². The van der Waals surface area contributed by atoms with Gasteiger partial charge in [-0.05, 0) is 37.1 Å². The van der Waals surface area contributed by atoms with Crippen LogP contribution in [0, 0.1) is 25.2 Å². The fourth-order valence-corrected chi connectivity index (χ4v) is 1.07. The Balaban J connectivity index is 2.86. The normalized spacial score (nSPS) is 10.7. The van der Waals surface area contributed by atoms with E-state index in [0.717, 1.165) is 11.1 Å². The van der Waals surface area contributed by atoms with Gasteiger partial charge in [-0.2, -0.15) is 10.4 Å². The van der Waals surface area contributed by atoms with E-state index in [4.69, 9.17) is 11.0 Å². The molecule has 0 heterocycles. The highest BCUT2D eigenvalue weighted by molar-refractivity contribution is 6.44. The molecule has 0 aliphatic carbocycles. The fourth-order valence-electron chi connectivity index (χ4n) is 1.07. The van der Waals surface area contributed by atoms with Gasteiger partial charge in [-0.3, -0.25) is 10.2 Å². The van der Waals surface area contributed by atoms with Crippen LogP contribution in [-0.4, -0.2) is 11.6 Å². The van der Waals surface area contributed by atoms with Crippen LogP contribution in [0.15, 0.2) is 23.3 Å². The minimum absolute atomic E-state index is 0.349. The van der Waals surface area contributed by atoms with Gasteiger partial charge in [0, 0.05) is 0 Å². The lowest BCUT2D eigenvalue weighted by atomic mass is 10.1. The molecule has 1 amide bonds. The molecule has 1 aromatic carbocycles. The molecule has 3 N–H and O–H groups in total. The van der Waals surface area contributed by atoms with E-state index in [1.807, 2.05) is 32.0 Å². The van der Waals surface area contributed by atoms with Gasteiger partial charge in [-0.25, -0.2) is 0 Å². The van der Waals surface area contributed by atoms with Gasteiger partial charge in [0.15, 0.2) is 0 Å². The first kappa shape index (κ1) is 11.7. The second-order valence-electron chi connectivity index (χ2n) is 3.35. The van der Waals surface area contributed by atoms with Crippen molar-refractivity contribution in [1.29, 1.82) is 5.26 Å². The molecule has 0 unspecified atom stereocenters. The molecule has 16 heavy (non-hydrogen) atoms. The topological polar surface area (TPSA) is 91.3 Å². The maximum Gasteiger partial charge on any atom is 0.280 e. The minimum atomic E-state index is -0.848. The van der Waals surface area contributed by atoms with Gasteiger partial charge in [0.2, 0.25) is 5.71 Å². The van der Waals surface area contributed by atoms with E-state index in [9.17, 15) is 4.79 Å². The predicted molar refractivity (Wildman–Crippen MR) is 61.8 cm³/mol. The number of carbonyl (C=O) groups is 1.